The Hall–Kier alpha value is -1.18. The van der Waals surface area contributed by atoms with Gasteiger partial charge in [-0.1, -0.05) is 6.07 Å². The first-order valence-electron chi connectivity index (χ1n) is 3.30. The second-order valence-corrected chi connectivity index (χ2v) is 2.56. The van der Waals surface area contributed by atoms with E-state index in [1.54, 1.807) is 4.74 Å². The summed E-state index contributed by atoms with van der Waals surface area (Å²) >= 11 is 0. The largest absolute Gasteiger partial charge is 0.377 e. The number of rotatable bonds is 0. The maximum Gasteiger partial charge on any atom is 0.182 e. The Kier molecular flexibility index (Phi) is 0.926. The van der Waals surface area contributed by atoms with Crippen LogP contribution in [0.5, 0.6) is 0 Å². The second-order valence-electron chi connectivity index (χ2n) is 2.56. The molecule has 2 rings (SSSR count). The van der Waals surface area contributed by atoms with E-state index in [1.165, 1.54) is 11.1 Å². The predicted octanol–water partition coefficient (Wildman–Crippen LogP) is 2.08. The van der Waals surface area contributed by atoms with Crippen molar-refractivity contribution in [2.75, 3.05) is 0 Å². The number of aromatic nitrogens is 1. The molecule has 0 atom stereocenters. The minimum absolute atomic E-state index is 0.988. The lowest BCUT2D eigenvalue weighted by molar-refractivity contribution is 0.305. The maximum absolute atomic E-state index is 5.20. The quantitative estimate of drug-likeness (QED) is 0.540. The topological polar surface area (TPSA) is 18.1 Å². The van der Waals surface area contributed by atoms with Crippen molar-refractivity contribution < 1.29 is 4.52 Å². The molecule has 0 aliphatic rings. The van der Waals surface area contributed by atoms with Crippen molar-refractivity contribution in [1.29, 1.82) is 0 Å². The molecule has 0 aliphatic heterocycles. The minimum atomic E-state index is 0.988. The van der Waals surface area contributed by atoms with Gasteiger partial charge in [0.25, 0.3) is 0 Å². The molecule has 1 heterocycles. The van der Waals surface area contributed by atoms with Crippen molar-refractivity contribution in [1.82, 2.24) is 4.74 Å². The van der Waals surface area contributed by atoms with Crippen LogP contribution >= 0.6 is 0 Å². The summed E-state index contributed by atoms with van der Waals surface area (Å²) in [6.07, 6.45) is 0. The summed E-state index contributed by atoms with van der Waals surface area (Å²) in [7, 11) is 1.90. The SMILES string of the molecule is Cc1ccc2c(c1)on2C. The van der Waals surface area contributed by atoms with E-state index in [2.05, 4.69) is 19.1 Å². The number of benzene rings is 1. The van der Waals surface area contributed by atoms with Gasteiger partial charge >= 0.3 is 0 Å². The van der Waals surface area contributed by atoms with Gasteiger partial charge in [-0.2, -0.15) is 0 Å². The summed E-state index contributed by atoms with van der Waals surface area (Å²) in [6, 6.07) is 6.18. The third-order valence-electron chi connectivity index (χ3n) is 1.69. The molecule has 0 bridgehead atoms. The van der Waals surface area contributed by atoms with Gasteiger partial charge in [-0.3, -0.25) is 0 Å². The lowest BCUT2D eigenvalue weighted by Gasteiger charge is -2.08. The normalized spacial score (nSPS) is 11.0. The van der Waals surface area contributed by atoms with E-state index in [0.29, 0.717) is 0 Å². The van der Waals surface area contributed by atoms with Crippen LogP contribution in [-0.4, -0.2) is 4.74 Å². The molecule has 1 aromatic heterocycles. The zero-order valence-electron chi connectivity index (χ0n) is 6.09. The lowest BCUT2D eigenvalue weighted by atomic mass is 10.2. The highest BCUT2D eigenvalue weighted by molar-refractivity contribution is 5.74. The number of hydrogen-bond donors (Lipinski definition) is 0. The molecule has 0 aliphatic carbocycles. The van der Waals surface area contributed by atoms with Crippen molar-refractivity contribution in [3.8, 4) is 0 Å². The van der Waals surface area contributed by atoms with Crippen LogP contribution in [0, 0.1) is 6.92 Å². The van der Waals surface area contributed by atoms with Crippen LogP contribution in [-0.2, 0) is 7.05 Å². The number of nitrogens with zero attached hydrogens (tertiary/aromatic N) is 1. The van der Waals surface area contributed by atoms with Gasteiger partial charge in [0, 0.05) is 7.05 Å². The molecule has 1 aromatic carbocycles. The predicted molar refractivity (Wildman–Crippen MR) is 39.9 cm³/mol. The lowest BCUT2D eigenvalue weighted by Crippen LogP contribution is -1.96. The fourth-order valence-corrected chi connectivity index (χ4v) is 1.11. The molecule has 2 heteroatoms. The van der Waals surface area contributed by atoms with Crippen LogP contribution in [0.1, 0.15) is 5.56 Å². The Morgan fingerprint density at radius 2 is 2.20 bits per heavy atom. The van der Waals surface area contributed by atoms with E-state index >= 15 is 0 Å². The van der Waals surface area contributed by atoms with Gasteiger partial charge in [-0.25, -0.2) is 4.74 Å². The Labute approximate surface area is 59.0 Å². The molecule has 0 amide bonds. The van der Waals surface area contributed by atoms with Gasteiger partial charge < -0.3 is 4.52 Å². The maximum atomic E-state index is 5.20. The fourth-order valence-electron chi connectivity index (χ4n) is 1.11. The first-order valence-corrected chi connectivity index (χ1v) is 3.30. The van der Waals surface area contributed by atoms with E-state index in [1.807, 2.05) is 13.1 Å². The standard InChI is InChI=1S/C8H9NO/c1-6-3-4-7-8(5-6)10-9(7)2/h3-5H,1-2H3. The number of fused-ring (bicyclic) bond motifs is 1. The van der Waals surface area contributed by atoms with Crippen LogP contribution in [0.2, 0.25) is 0 Å². The summed E-state index contributed by atoms with van der Waals surface area (Å²) in [5.74, 6) is 0. The molecular formula is C8H9NO. The number of aryl methyl sites for hydroxylation is 2. The summed E-state index contributed by atoms with van der Waals surface area (Å²) < 4.78 is 6.96. The van der Waals surface area contributed by atoms with Gasteiger partial charge in [0.15, 0.2) is 5.58 Å². The van der Waals surface area contributed by atoms with Crippen LogP contribution in [0.4, 0.5) is 0 Å². The third kappa shape index (κ3) is 0.588. The first-order chi connectivity index (χ1) is 4.77. The van der Waals surface area contributed by atoms with E-state index in [4.69, 9.17) is 4.52 Å². The van der Waals surface area contributed by atoms with Crippen molar-refractivity contribution in [3.05, 3.63) is 23.8 Å². The minimum Gasteiger partial charge on any atom is -0.377 e. The average molecular weight is 135 g/mol. The van der Waals surface area contributed by atoms with E-state index in [9.17, 15) is 0 Å². The second kappa shape index (κ2) is 1.66. The summed E-state index contributed by atoms with van der Waals surface area (Å²) in [4.78, 5) is 0. The van der Waals surface area contributed by atoms with Crippen LogP contribution in [0.15, 0.2) is 22.7 Å². The molecule has 0 radical (unpaired) electrons. The molecule has 10 heavy (non-hydrogen) atoms. The molecule has 0 fully saturated rings. The summed E-state index contributed by atoms with van der Waals surface area (Å²) in [5.41, 5.74) is 3.40. The van der Waals surface area contributed by atoms with Gasteiger partial charge in [-0.05, 0) is 24.6 Å². The molecule has 0 unspecified atom stereocenters. The summed E-state index contributed by atoms with van der Waals surface area (Å²) in [5, 5.41) is 0. The molecule has 0 spiro atoms. The van der Waals surface area contributed by atoms with Gasteiger partial charge in [-0.15, -0.1) is 0 Å². The molecule has 0 saturated heterocycles. The zero-order chi connectivity index (χ0) is 7.14. The van der Waals surface area contributed by atoms with Gasteiger partial charge in [0.2, 0.25) is 0 Å². The zero-order valence-corrected chi connectivity index (χ0v) is 6.09. The van der Waals surface area contributed by atoms with E-state index < -0.39 is 0 Å². The average Bonchev–Trinajstić information content (AvgIpc) is 1.86. The van der Waals surface area contributed by atoms with Crippen molar-refractivity contribution >= 4 is 11.1 Å². The summed E-state index contributed by atoms with van der Waals surface area (Å²) in [6.45, 7) is 2.06. The van der Waals surface area contributed by atoms with Crippen LogP contribution < -0.4 is 0 Å². The Bertz CT molecular complexity index is 352. The molecular weight excluding hydrogens is 126 g/mol. The van der Waals surface area contributed by atoms with Crippen molar-refractivity contribution in [2.24, 2.45) is 7.05 Å². The van der Waals surface area contributed by atoms with Crippen LogP contribution in [0.3, 0.4) is 0 Å². The molecule has 2 nitrogen and oxygen atoms in total. The molecule has 0 N–H and O–H groups in total. The van der Waals surface area contributed by atoms with Gasteiger partial charge in [0.1, 0.15) is 5.52 Å². The van der Waals surface area contributed by atoms with E-state index in [0.717, 1.165) is 5.58 Å². The van der Waals surface area contributed by atoms with Gasteiger partial charge in [0.05, 0.1) is 0 Å². The molecule has 0 saturated carbocycles. The van der Waals surface area contributed by atoms with Crippen molar-refractivity contribution in [2.45, 2.75) is 6.92 Å². The van der Waals surface area contributed by atoms with Crippen LogP contribution in [0.25, 0.3) is 11.1 Å². The third-order valence-corrected chi connectivity index (χ3v) is 1.69. The smallest absolute Gasteiger partial charge is 0.182 e. The highest BCUT2D eigenvalue weighted by Gasteiger charge is 2.02. The Morgan fingerprint density at radius 3 is 2.80 bits per heavy atom. The highest BCUT2D eigenvalue weighted by Crippen LogP contribution is 2.17. The number of hydrogen-bond acceptors (Lipinski definition) is 1. The molecule has 52 valence electrons. The Morgan fingerprint density at radius 1 is 1.40 bits per heavy atom. The van der Waals surface area contributed by atoms with E-state index in [-0.39, 0.29) is 0 Å². The highest BCUT2D eigenvalue weighted by atomic mass is 16.5. The van der Waals surface area contributed by atoms with Crippen molar-refractivity contribution in [3.63, 3.8) is 0 Å². The Balaban J connectivity index is 2.73. The first kappa shape index (κ1) is 5.59. The molecule has 2 aromatic rings. The monoisotopic (exact) mass is 135 g/mol. The fraction of sp³-hybridized carbons (Fsp3) is 0.250.